The Morgan fingerprint density at radius 2 is 2.06 bits per heavy atom. The van der Waals surface area contributed by atoms with Crippen LogP contribution in [0.3, 0.4) is 0 Å². The van der Waals surface area contributed by atoms with Crippen molar-refractivity contribution in [2.75, 3.05) is 13.7 Å². The molecule has 0 saturated carbocycles. The maximum atomic E-state index is 11.8. The van der Waals surface area contributed by atoms with Gasteiger partial charge in [0.1, 0.15) is 7.11 Å². The summed E-state index contributed by atoms with van der Waals surface area (Å²) in [6.07, 6.45) is 0. The van der Waals surface area contributed by atoms with E-state index in [9.17, 15) is 4.79 Å². The molecule has 0 spiro atoms. The molecule has 4 nitrogen and oxygen atoms in total. The standard InChI is InChI=1S/C13H17NO3/c1-5-17-13(15)12-8-9(2)6-7-11(12)10(3)14-16-4/h6-8H,5H2,1-4H3/b14-10+. The van der Waals surface area contributed by atoms with Crippen LogP contribution in [0.2, 0.25) is 0 Å². The van der Waals surface area contributed by atoms with Crippen LogP contribution in [0, 0.1) is 6.92 Å². The second kappa shape index (κ2) is 6.03. The number of hydrogen-bond acceptors (Lipinski definition) is 4. The zero-order valence-electron chi connectivity index (χ0n) is 10.6. The topological polar surface area (TPSA) is 47.9 Å². The minimum Gasteiger partial charge on any atom is -0.462 e. The van der Waals surface area contributed by atoms with Gasteiger partial charge >= 0.3 is 5.97 Å². The van der Waals surface area contributed by atoms with Gasteiger partial charge in [-0.1, -0.05) is 22.9 Å². The third-order valence-corrected chi connectivity index (χ3v) is 2.29. The van der Waals surface area contributed by atoms with E-state index in [1.54, 1.807) is 19.9 Å². The van der Waals surface area contributed by atoms with Gasteiger partial charge in [0.05, 0.1) is 17.9 Å². The number of benzene rings is 1. The summed E-state index contributed by atoms with van der Waals surface area (Å²) in [4.78, 5) is 16.5. The van der Waals surface area contributed by atoms with E-state index in [1.807, 2.05) is 19.1 Å². The van der Waals surface area contributed by atoms with Crippen molar-refractivity contribution in [1.82, 2.24) is 0 Å². The number of aryl methyl sites for hydroxylation is 1. The molecule has 4 heteroatoms. The van der Waals surface area contributed by atoms with E-state index in [2.05, 4.69) is 5.16 Å². The first-order valence-corrected chi connectivity index (χ1v) is 5.46. The molecule has 1 rings (SSSR count). The summed E-state index contributed by atoms with van der Waals surface area (Å²) in [6.45, 7) is 5.85. The molecule has 17 heavy (non-hydrogen) atoms. The summed E-state index contributed by atoms with van der Waals surface area (Å²) in [5.41, 5.74) is 2.90. The molecule has 0 radical (unpaired) electrons. The maximum Gasteiger partial charge on any atom is 0.338 e. The number of nitrogens with zero attached hydrogens (tertiary/aromatic N) is 1. The number of esters is 1. The Hall–Kier alpha value is -1.84. The van der Waals surface area contributed by atoms with E-state index in [-0.39, 0.29) is 5.97 Å². The second-order valence-corrected chi connectivity index (χ2v) is 3.63. The first-order valence-electron chi connectivity index (χ1n) is 5.46. The number of oxime groups is 1. The molecular formula is C13H17NO3. The number of hydrogen-bond donors (Lipinski definition) is 0. The SMILES string of the molecule is CCOC(=O)c1cc(C)ccc1/C(C)=N/OC. The third kappa shape index (κ3) is 3.31. The fraction of sp³-hybridized carbons (Fsp3) is 0.385. The van der Waals surface area contributed by atoms with Gasteiger partial charge in [-0.05, 0) is 26.8 Å². The lowest BCUT2D eigenvalue weighted by Gasteiger charge is -2.09. The zero-order chi connectivity index (χ0) is 12.8. The molecule has 0 bridgehead atoms. The van der Waals surface area contributed by atoms with Gasteiger partial charge in [0.2, 0.25) is 0 Å². The normalized spacial score (nSPS) is 11.2. The molecule has 0 unspecified atom stereocenters. The molecule has 0 heterocycles. The average molecular weight is 235 g/mol. The van der Waals surface area contributed by atoms with Crippen molar-refractivity contribution in [2.24, 2.45) is 5.16 Å². The minimum absolute atomic E-state index is 0.336. The maximum absolute atomic E-state index is 11.8. The smallest absolute Gasteiger partial charge is 0.338 e. The Morgan fingerprint density at radius 1 is 1.35 bits per heavy atom. The first-order chi connectivity index (χ1) is 8.10. The summed E-state index contributed by atoms with van der Waals surface area (Å²) in [5, 5.41) is 3.84. The van der Waals surface area contributed by atoms with Crippen LogP contribution in [0.1, 0.15) is 35.3 Å². The van der Waals surface area contributed by atoms with Gasteiger partial charge < -0.3 is 9.57 Å². The van der Waals surface area contributed by atoms with Gasteiger partial charge in [-0.15, -0.1) is 0 Å². The molecule has 92 valence electrons. The Labute approximate surface area is 101 Å². The highest BCUT2D eigenvalue weighted by atomic mass is 16.6. The highest BCUT2D eigenvalue weighted by Gasteiger charge is 2.14. The van der Waals surface area contributed by atoms with Crippen molar-refractivity contribution in [2.45, 2.75) is 20.8 Å². The molecule has 1 aromatic carbocycles. The fourth-order valence-corrected chi connectivity index (χ4v) is 1.54. The van der Waals surface area contributed by atoms with Gasteiger partial charge in [-0.2, -0.15) is 0 Å². The number of ether oxygens (including phenoxy) is 1. The Bertz CT molecular complexity index is 438. The molecule has 0 N–H and O–H groups in total. The highest BCUT2D eigenvalue weighted by molar-refractivity contribution is 6.07. The Kier molecular flexibility index (Phi) is 4.69. The summed E-state index contributed by atoms with van der Waals surface area (Å²) in [5.74, 6) is -0.336. The van der Waals surface area contributed by atoms with E-state index < -0.39 is 0 Å². The molecule has 0 aliphatic carbocycles. The van der Waals surface area contributed by atoms with Crippen LogP contribution in [0.4, 0.5) is 0 Å². The van der Waals surface area contributed by atoms with Gasteiger partial charge in [0.25, 0.3) is 0 Å². The van der Waals surface area contributed by atoms with Crippen LogP contribution in [0.25, 0.3) is 0 Å². The fourth-order valence-electron chi connectivity index (χ4n) is 1.54. The predicted molar refractivity (Wildman–Crippen MR) is 66.4 cm³/mol. The van der Waals surface area contributed by atoms with Crippen molar-refractivity contribution in [3.63, 3.8) is 0 Å². The van der Waals surface area contributed by atoms with Crippen molar-refractivity contribution in [1.29, 1.82) is 0 Å². The lowest BCUT2D eigenvalue weighted by molar-refractivity contribution is 0.0526. The Balaban J connectivity index is 3.21. The quantitative estimate of drug-likeness (QED) is 0.457. The van der Waals surface area contributed by atoms with Crippen LogP contribution in [0.15, 0.2) is 23.4 Å². The molecule has 0 aliphatic heterocycles. The van der Waals surface area contributed by atoms with Crippen LogP contribution in [-0.4, -0.2) is 25.4 Å². The average Bonchev–Trinajstić information content (AvgIpc) is 2.29. The lowest BCUT2D eigenvalue weighted by atomic mass is 10.0. The molecule has 0 fully saturated rings. The molecular weight excluding hydrogens is 218 g/mol. The van der Waals surface area contributed by atoms with Crippen molar-refractivity contribution < 1.29 is 14.4 Å². The second-order valence-electron chi connectivity index (χ2n) is 3.63. The lowest BCUT2D eigenvalue weighted by Crippen LogP contribution is -2.11. The van der Waals surface area contributed by atoms with Crippen LogP contribution in [-0.2, 0) is 9.57 Å². The number of carbonyl (C=O) groups excluding carboxylic acids is 1. The number of carbonyl (C=O) groups is 1. The molecule has 0 saturated heterocycles. The molecule has 0 atom stereocenters. The minimum atomic E-state index is -0.336. The van der Waals surface area contributed by atoms with Gasteiger partial charge in [-0.25, -0.2) is 4.79 Å². The molecule has 0 aromatic heterocycles. The summed E-state index contributed by atoms with van der Waals surface area (Å²) >= 11 is 0. The van der Waals surface area contributed by atoms with E-state index in [4.69, 9.17) is 9.57 Å². The van der Waals surface area contributed by atoms with E-state index >= 15 is 0 Å². The van der Waals surface area contributed by atoms with Gasteiger partial charge in [0.15, 0.2) is 0 Å². The van der Waals surface area contributed by atoms with Crippen LogP contribution >= 0.6 is 0 Å². The Morgan fingerprint density at radius 3 is 2.65 bits per heavy atom. The zero-order valence-corrected chi connectivity index (χ0v) is 10.6. The molecule has 0 aliphatic rings. The summed E-state index contributed by atoms with van der Waals surface area (Å²) < 4.78 is 5.02. The monoisotopic (exact) mass is 235 g/mol. The largest absolute Gasteiger partial charge is 0.462 e. The predicted octanol–water partition coefficient (Wildman–Crippen LogP) is 2.54. The third-order valence-electron chi connectivity index (χ3n) is 2.29. The van der Waals surface area contributed by atoms with Gasteiger partial charge in [0, 0.05) is 5.56 Å². The van der Waals surface area contributed by atoms with Crippen molar-refractivity contribution >= 4 is 11.7 Å². The van der Waals surface area contributed by atoms with Crippen molar-refractivity contribution in [3.8, 4) is 0 Å². The van der Waals surface area contributed by atoms with E-state index in [0.29, 0.717) is 17.9 Å². The van der Waals surface area contributed by atoms with Crippen LogP contribution < -0.4 is 0 Å². The summed E-state index contributed by atoms with van der Waals surface area (Å²) in [6, 6.07) is 5.56. The first kappa shape index (κ1) is 13.2. The summed E-state index contributed by atoms with van der Waals surface area (Å²) in [7, 11) is 1.47. The van der Waals surface area contributed by atoms with Gasteiger partial charge in [-0.3, -0.25) is 0 Å². The van der Waals surface area contributed by atoms with E-state index in [1.165, 1.54) is 7.11 Å². The highest BCUT2D eigenvalue weighted by Crippen LogP contribution is 2.14. The van der Waals surface area contributed by atoms with Crippen molar-refractivity contribution in [3.05, 3.63) is 34.9 Å². The van der Waals surface area contributed by atoms with E-state index in [0.717, 1.165) is 11.1 Å². The van der Waals surface area contributed by atoms with Crippen LogP contribution in [0.5, 0.6) is 0 Å². The number of rotatable bonds is 4. The molecule has 0 amide bonds. The molecule has 1 aromatic rings.